The second kappa shape index (κ2) is 6.56. The van der Waals surface area contributed by atoms with Crippen LogP contribution in [0, 0.1) is 0 Å². The molecule has 4 nitrogen and oxygen atoms in total. The van der Waals surface area contributed by atoms with Crippen LogP contribution in [0.15, 0.2) is 45.6 Å². The Kier molecular flexibility index (Phi) is 4.88. The van der Waals surface area contributed by atoms with Crippen LogP contribution in [-0.4, -0.2) is 12.2 Å². The van der Waals surface area contributed by atoms with Gasteiger partial charge in [-0.15, -0.1) is 6.58 Å². The number of ether oxygens (including phenoxy) is 1. The second-order valence-electron chi connectivity index (χ2n) is 6.68. The Labute approximate surface area is 142 Å². The predicted octanol–water partition coefficient (Wildman–Crippen LogP) is 4.48. The number of hydrogen-bond acceptors (Lipinski definition) is 4. The molecule has 0 saturated heterocycles. The molecule has 1 aromatic heterocycles. The highest BCUT2D eigenvalue weighted by atomic mass is 16.5. The molecule has 0 aliphatic rings. The van der Waals surface area contributed by atoms with Crippen molar-refractivity contribution in [3.05, 3.63) is 58.0 Å². The normalized spacial score (nSPS) is 11.4. The summed E-state index contributed by atoms with van der Waals surface area (Å²) in [6.07, 6.45) is 4.24. The summed E-state index contributed by atoms with van der Waals surface area (Å²) in [4.78, 5) is 12.3. The summed E-state index contributed by atoms with van der Waals surface area (Å²) in [5, 5.41) is 11.2. The fourth-order valence-corrected chi connectivity index (χ4v) is 2.51. The zero-order valence-electron chi connectivity index (χ0n) is 14.9. The van der Waals surface area contributed by atoms with Crippen LogP contribution < -0.4 is 10.4 Å². The number of benzene rings is 1. The van der Waals surface area contributed by atoms with Crippen molar-refractivity contribution in [2.75, 3.05) is 7.11 Å². The summed E-state index contributed by atoms with van der Waals surface area (Å²) in [6, 6.07) is 3.33. The zero-order valence-corrected chi connectivity index (χ0v) is 14.9. The number of allylic oxidation sites excluding steroid dienone is 3. The van der Waals surface area contributed by atoms with Crippen LogP contribution in [0.1, 0.15) is 38.8 Å². The Balaban J connectivity index is 2.80. The van der Waals surface area contributed by atoms with E-state index in [9.17, 15) is 9.90 Å². The number of fused-ring (bicyclic) bond motifs is 1. The smallest absolute Gasteiger partial charge is 0.340 e. The molecule has 0 radical (unpaired) electrons. The van der Waals surface area contributed by atoms with Gasteiger partial charge in [-0.25, -0.2) is 4.79 Å². The Morgan fingerprint density at radius 1 is 1.38 bits per heavy atom. The third-order valence-electron chi connectivity index (χ3n) is 4.22. The highest BCUT2D eigenvalue weighted by molar-refractivity contribution is 5.87. The van der Waals surface area contributed by atoms with Gasteiger partial charge < -0.3 is 14.3 Å². The van der Waals surface area contributed by atoms with Gasteiger partial charge >= 0.3 is 5.63 Å². The van der Waals surface area contributed by atoms with E-state index in [0.29, 0.717) is 34.3 Å². The fourth-order valence-electron chi connectivity index (χ4n) is 2.51. The lowest BCUT2D eigenvalue weighted by atomic mass is 9.85. The largest absolute Gasteiger partial charge is 0.507 e. The first kappa shape index (κ1) is 17.9. The molecule has 0 bridgehead atoms. The molecule has 2 rings (SSSR count). The maximum absolute atomic E-state index is 12.3. The van der Waals surface area contributed by atoms with Crippen molar-refractivity contribution in [2.24, 2.45) is 0 Å². The molecular formula is C20H24O4. The molecule has 24 heavy (non-hydrogen) atoms. The van der Waals surface area contributed by atoms with Crippen molar-refractivity contribution in [3.63, 3.8) is 0 Å². The summed E-state index contributed by atoms with van der Waals surface area (Å²) in [5.41, 5.74) is 1.58. The molecule has 0 saturated carbocycles. The van der Waals surface area contributed by atoms with Gasteiger partial charge in [-0.1, -0.05) is 31.6 Å². The van der Waals surface area contributed by atoms with Crippen molar-refractivity contribution in [1.29, 1.82) is 0 Å². The Morgan fingerprint density at radius 3 is 2.58 bits per heavy atom. The van der Waals surface area contributed by atoms with E-state index in [1.807, 2.05) is 33.8 Å². The Bertz CT molecular complexity index is 865. The summed E-state index contributed by atoms with van der Waals surface area (Å²) < 4.78 is 10.8. The van der Waals surface area contributed by atoms with Crippen LogP contribution in [0.5, 0.6) is 11.5 Å². The number of hydrogen-bond donors (Lipinski definition) is 1. The summed E-state index contributed by atoms with van der Waals surface area (Å²) in [5.74, 6) is 0.572. The van der Waals surface area contributed by atoms with Crippen LogP contribution >= 0.6 is 0 Å². The van der Waals surface area contributed by atoms with Crippen LogP contribution in [0.25, 0.3) is 11.0 Å². The van der Waals surface area contributed by atoms with E-state index in [1.54, 1.807) is 18.2 Å². The second-order valence-corrected chi connectivity index (χ2v) is 6.68. The molecule has 0 atom stereocenters. The average molecular weight is 328 g/mol. The van der Waals surface area contributed by atoms with Crippen LogP contribution in [-0.2, 0) is 11.8 Å². The van der Waals surface area contributed by atoms with Crippen molar-refractivity contribution < 1.29 is 14.3 Å². The Hall–Kier alpha value is -2.49. The lowest BCUT2D eigenvalue weighted by Gasteiger charge is -2.19. The number of rotatable bonds is 5. The van der Waals surface area contributed by atoms with Gasteiger partial charge in [0.1, 0.15) is 17.1 Å². The van der Waals surface area contributed by atoms with Gasteiger partial charge in [0.25, 0.3) is 0 Å². The van der Waals surface area contributed by atoms with Crippen LogP contribution in [0.4, 0.5) is 0 Å². The first-order chi connectivity index (χ1) is 11.2. The van der Waals surface area contributed by atoms with Gasteiger partial charge in [-0.05, 0) is 26.3 Å². The van der Waals surface area contributed by atoms with Crippen LogP contribution in [0.2, 0.25) is 0 Å². The molecule has 0 fully saturated rings. The van der Waals surface area contributed by atoms with Gasteiger partial charge in [0.15, 0.2) is 0 Å². The molecule has 1 aromatic carbocycles. The molecule has 0 unspecified atom stereocenters. The van der Waals surface area contributed by atoms with E-state index in [1.165, 1.54) is 7.11 Å². The minimum atomic E-state index is -0.554. The first-order valence-corrected chi connectivity index (χ1v) is 7.85. The summed E-state index contributed by atoms with van der Waals surface area (Å²) in [6.45, 7) is 11.5. The quantitative estimate of drug-likeness (QED) is 0.649. The van der Waals surface area contributed by atoms with E-state index < -0.39 is 11.0 Å². The number of phenolic OH excluding ortho intramolecular Hbond substituents is 1. The fraction of sp³-hybridized carbons (Fsp3) is 0.350. The lowest BCUT2D eigenvalue weighted by molar-refractivity contribution is 0.401. The molecule has 128 valence electrons. The highest BCUT2D eigenvalue weighted by Gasteiger charge is 2.24. The number of methoxy groups -OCH3 is 1. The number of aromatic hydroxyl groups is 1. The lowest BCUT2D eigenvalue weighted by Crippen LogP contribution is -2.22. The SMILES string of the molecule is C=CC(C)(C)c1cc2c(O)c(CC=C(C)C)c(OC)cc2oc1=O. The summed E-state index contributed by atoms with van der Waals surface area (Å²) in [7, 11) is 1.53. The van der Waals surface area contributed by atoms with E-state index in [-0.39, 0.29) is 5.75 Å². The third kappa shape index (κ3) is 3.23. The minimum Gasteiger partial charge on any atom is -0.507 e. The van der Waals surface area contributed by atoms with Crippen molar-refractivity contribution in [2.45, 2.75) is 39.5 Å². The molecule has 0 amide bonds. The summed E-state index contributed by atoms with van der Waals surface area (Å²) >= 11 is 0. The van der Waals surface area contributed by atoms with Gasteiger partial charge in [0.05, 0.1) is 12.5 Å². The standard InChI is InChI=1S/C20H24O4/c1-7-20(4,5)15-10-14-17(24-19(15)22)11-16(23-6)13(18(14)21)9-8-12(2)3/h7-8,10-11,21H,1,9H2,2-6H3. The van der Waals surface area contributed by atoms with Gasteiger partial charge in [-0.3, -0.25) is 0 Å². The van der Waals surface area contributed by atoms with E-state index in [4.69, 9.17) is 9.15 Å². The van der Waals surface area contributed by atoms with Gasteiger partial charge in [-0.2, -0.15) is 0 Å². The topological polar surface area (TPSA) is 59.7 Å². The van der Waals surface area contributed by atoms with E-state index in [2.05, 4.69) is 6.58 Å². The molecule has 1 heterocycles. The van der Waals surface area contributed by atoms with Gasteiger partial charge in [0.2, 0.25) is 0 Å². The Morgan fingerprint density at radius 2 is 2.04 bits per heavy atom. The maximum atomic E-state index is 12.3. The first-order valence-electron chi connectivity index (χ1n) is 7.85. The molecule has 1 N–H and O–H groups in total. The van der Waals surface area contributed by atoms with E-state index in [0.717, 1.165) is 5.57 Å². The van der Waals surface area contributed by atoms with Gasteiger partial charge in [0, 0.05) is 22.6 Å². The van der Waals surface area contributed by atoms with Crippen molar-refractivity contribution >= 4 is 11.0 Å². The number of phenols is 1. The average Bonchev–Trinajstić information content (AvgIpc) is 2.52. The molecule has 4 heteroatoms. The third-order valence-corrected chi connectivity index (χ3v) is 4.22. The minimum absolute atomic E-state index is 0.0757. The molecule has 0 aliphatic carbocycles. The van der Waals surface area contributed by atoms with Crippen molar-refractivity contribution in [1.82, 2.24) is 0 Å². The highest BCUT2D eigenvalue weighted by Crippen LogP contribution is 2.38. The monoisotopic (exact) mass is 328 g/mol. The molecule has 0 aliphatic heterocycles. The molecule has 0 spiro atoms. The van der Waals surface area contributed by atoms with E-state index >= 15 is 0 Å². The van der Waals surface area contributed by atoms with Crippen LogP contribution in [0.3, 0.4) is 0 Å². The molecule has 2 aromatic rings. The molecular weight excluding hydrogens is 304 g/mol. The van der Waals surface area contributed by atoms with Crippen molar-refractivity contribution in [3.8, 4) is 11.5 Å². The zero-order chi connectivity index (χ0) is 18.1. The maximum Gasteiger partial charge on any atom is 0.340 e. The predicted molar refractivity (Wildman–Crippen MR) is 97.1 cm³/mol.